The van der Waals surface area contributed by atoms with E-state index in [9.17, 15) is 4.79 Å². The number of ether oxygens (including phenoxy) is 2. The summed E-state index contributed by atoms with van der Waals surface area (Å²) in [5.74, 6) is 1.12. The van der Waals surface area contributed by atoms with Gasteiger partial charge in [0.1, 0.15) is 17.2 Å². The minimum atomic E-state index is -0.654. The molecule has 0 N–H and O–H groups in total. The van der Waals surface area contributed by atoms with Crippen LogP contribution >= 0.6 is 23.2 Å². The van der Waals surface area contributed by atoms with E-state index >= 15 is 0 Å². The Morgan fingerprint density at radius 3 is 2.43 bits per heavy atom. The number of carbonyl (C=O) groups excluding carboxylic acids is 1. The van der Waals surface area contributed by atoms with Gasteiger partial charge < -0.3 is 14.3 Å². The zero-order valence-electron chi connectivity index (χ0n) is 14.5. The fourth-order valence-corrected chi connectivity index (χ4v) is 2.45. The molecule has 0 aliphatic rings. The number of rotatable bonds is 7. The maximum Gasteiger partial charge on any atom is 0.372 e. The van der Waals surface area contributed by atoms with Crippen molar-refractivity contribution in [3.8, 4) is 17.2 Å². The van der Waals surface area contributed by atoms with E-state index < -0.39 is 5.97 Å². The third kappa shape index (κ3) is 6.01. The van der Waals surface area contributed by atoms with E-state index in [-0.39, 0.29) is 6.61 Å². The van der Waals surface area contributed by atoms with Crippen molar-refractivity contribution in [2.24, 2.45) is 5.16 Å². The van der Waals surface area contributed by atoms with Crippen LogP contribution in [0.5, 0.6) is 17.2 Å². The van der Waals surface area contributed by atoms with Crippen molar-refractivity contribution < 1.29 is 19.1 Å². The Balaban J connectivity index is 1.50. The fourth-order valence-electron chi connectivity index (χ4n) is 2.16. The molecule has 3 aromatic rings. The molecule has 0 bridgehead atoms. The number of nitrogens with zero attached hydrogens (tertiary/aromatic N) is 1. The molecule has 0 saturated carbocycles. The number of oxime groups is 1. The van der Waals surface area contributed by atoms with E-state index in [1.165, 1.54) is 12.3 Å². The van der Waals surface area contributed by atoms with E-state index in [0.29, 0.717) is 27.1 Å². The predicted molar refractivity (Wildman–Crippen MR) is 109 cm³/mol. The lowest BCUT2D eigenvalue weighted by Crippen LogP contribution is -2.12. The van der Waals surface area contributed by atoms with Gasteiger partial charge in [-0.05, 0) is 42.0 Å². The molecule has 0 heterocycles. The van der Waals surface area contributed by atoms with Gasteiger partial charge in [0, 0.05) is 6.07 Å². The van der Waals surface area contributed by atoms with Crippen molar-refractivity contribution in [2.45, 2.75) is 0 Å². The molecule has 3 aromatic carbocycles. The number of halogens is 2. The molecule has 7 heteroatoms. The zero-order chi connectivity index (χ0) is 19.8. The first-order valence-electron chi connectivity index (χ1n) is 8.24. The predicted octanol–water partition coefficient (Wildman–Crippen LogP) is 5.74. The Morgan fingerprint density at radius 2 is 1.64 bits per heavy atom. The van der Waals surface area contributed by atoms with Crippen LogP contribution in [-0.2, 0) is 9.63 Å². The van der Waals surface area contributed by atoms with Crippen molar-refractivity contribution in [1.29, 1.82) is 0 Å². The van der Waals surface area contributed by atoms with E-state index in [1.807, 2.05) is 42.5 Å². The minimum Gasteiger partial charge on any atom is -0.482 e. The molecule has 0 atom stereocenters. The molecule has 5 nitrogen and oxygen atoms in total. The van der Waals surface area contributed by atoms with Crippen LogP contribution in [-0.4, -0.2) is 18.8 Å². The smallest absolute Gasteiger partial charge is 0.372 e. The van der Waals surface area contributed by atoms with Crippen LogP contribution in [0.3, 0.4) is 0 Å². The molecular weight excluding hydrogens is 401 g/mol. The number of hydrogen-bond donors (Lipinski definition) is 0. The molecule has 0 fully saturated rings. The van der Waals surface area contributed by atoms with Crippen molar-refractivity contribution >= 4 is 35.4 Å². The third-order valence-corrected chi connectivity index (χ3v) is 4.18. The topological polar surface area (TPSA) is 57.1 Å². The lowest BCUT2D eigenvalue weighted by atomic mass is 10.2. The van der Waals surface area contributed by atoms with E-state index in [0.717, 1.165) is 5.75 Å². The fraction of sp³-hybridized carbons (Fsp3) is 0.0476. The monoisotopic (exact) mass is 415 g/mol. The molecule has 142 valence electrons. The Bertz CT molecular complexity index is 977. The molecule has 3 rings (SSSR count). The largest absolute Gasteiger partial charge is 0.482 e. The van der Waals surface area contributed by atoms with Gasteiger partial charge in [0.15, 0.2) is 6.61 Å². The molecule has 0 radical (unpaired) electrons. The second-order valence-electron chi connectivity index (χ2n) is 5.55. The van der Waals surface area contributed by atoms with Gasteiger partial charge in [0.05, 0.1) is 16.3 Å². The Hall–Kier alpha value is -3.02. The van der Waals surface area contributed by atoms with Crippen LogP contribution < -0.4 is 9.47 Å². The van der Waals surface area contributed by atoms with Gasteiger partial charge in [0.2, 0.25) is 0 Å². The SMILES string of the molecule is O=C(COc1ccc(Cl)c(Cl)c1)ON=Cc1cccc(Oc2ccccc2)c1. The first-order valence-corrected chi connectivity index (χ1v) is 9.00. The molecule has 0 saturated heterocycles. The number of para-hydroxylation sites is 1. The molecule has 0 amide bonds. The highest BCUT2D eigenvalue weighted by atomic mass is 35.5. The van der Waals surface area contributed by atoms with Crippen LogP contribution in [0.25, 0.3) is 0 Å². The van der Waals surface area contributed by atoms with Crippen LogP contribution in [0, 0.1) is 0 Å². The van der Waals surface area contributed by atoms with Gasteiger partial charge in [-0.2, -0.15) is 0 Å². The summed E-state index contributed by atoms with van der Waals surface area (Å²) in [6.07, 6.45) is 1.41. The summed E-state index contributed by atoms with van der Waals surface area (Å²) in [6.45, 7) is -0.313. The second kappa shape index (κ2) is 9.78. The molecule has 0 unspecified atom stereocenters. The lowest BCUT2D eigenvalue weighted by molar-refractivity contribution is -0.145. The van der Waals surface area contributed by atoms with Crippen LogP contribution in [0.15, 0.2) is 78.0 Å². The number of benzene rings is 3. The van der Waals surface area contributed by atoms with Crippen LogP contribution in [0.4, 0.5) is 0 Å². The van der Waals surface area contributed by atoms with E-state index in [1.54, 1.807) is 24.3 Å². The van der Waals surface area contributed by atoms with E-state index in [2.05, 4.69) is 5.16 Å². The normalized spacial score (nSPS) is 10.6. The van der Waals surface area contributed by atoms with Gasteiger partial charge in [-0.15, -0.1) is 0 Å². The Labute approximate surface area is 172 Å². The molecule has 28 heavy (non-hydrogen) atoms. The lowest BCUT2D eigenvalue weighted by Gasteiger charge is -2.06. The molecule has 0 spiro atoms. The van der Waals surface area contributed by atoms with Gasteiger partial charge in [-0.3, -0.25) is 0 Å². The number of hydrogen-bond acceptors (Lipinski definition) is 5. The zero-order valence-corrected chi connectivity index (χ0v) is 16.1. The summed E-state index contributed by atoms with van der Waals surface area (Å²) in [5.41, 5.74) is 0.714. The summed E-state index contributed by atoms with van der Waals surface area (Å²) in [5, 5.41) is 4.42. The molecular formula is C21H15Cl2NO4. The standard InChI is InChI=1S/C21H15Cl2NO4/c22-19-10-9-17(12-20(19)23)26-14-21(25)28-24-13-15-5-4-8-18(11-15)27-16-6-2-1-3-7-16/h1-13H,14H2. The van der Waals surface area contributed by atoms with Gasteiger partial charge in [-0.25, -0.2) is 4.79 Å². The van der Waals surface area contributed by atoms with Crippen molar-refractivity contribution in [3.05, 3.63) is 88.4 Å². The third-order valence-electron chi connectivity index (χ3n) is 3.44. The maximum absolute atomic E-state index is 11.7. The highest BCUT2D eigenvalue weighted by molar-refractivity contribution is 6.42. The van der Waals surface area contributed by atoms with Crippen molar-refractivity contribution in [1.82, 2.24) is 0 Å². The first kappa shape index (κ1) is 19.7. The van der Waals surface area contributed by atoms with E-state index in [4.69, 9.17) is 37.5 Å². The highest BCUT2D eigenvalue weighted by Crippen LogP contribution is 2.26. The number of carbonyl (C=O) groups is 1. The van der Waals surface area contributed by atoms with Gasteiger partial charge >= 0.3 is 5.97 Å². The quantitative estimate of drug-likeness (QED) is 0.280. The first-order chi connectivity index (χ1) is 13.6. The molecule has 0 aromatic heterocycles. The molecule has 0 aliphatic heterocycles. The highest BCUT2D eigenvalue weighted by Gasteiger charge is 2.06. The second-order valence-corrected chi connectivity index (χ2v) is 6.36. The average molecular weight is 416 g/mol. The summed E-state index contributed by atoms with van der Waals surface area (Å²) >= 11 is 11.7. The van der Waals surface area contributed by atoms with Gasteiger partial charge in [0.25, 0.3) is 0 Å². The Morgan fingerprint density at radius 1 is 0.857 bits per heavy atom. The summed E-state index contributed by atoms with van der Waals surface area (Å²) in [6, 6.07) is 21.3. The molecule has 0 aliphatic carbocycles. The van der Waals surface area contributed by atoms with Crippen molar-refractivity contribution in [2.75, 3.05) is 6.61 Å². The summed E-state index contributed by atoms with van der Waals surface area (Å²) in [4.78, 5) is 16.5. The van der Waals surface area contributed by atoms with Gasteiger partial charge in [-0.1, -0.05) is 58.7 Å². The average Bonchev–Trinajstić information content (AvgIpc) is 2.70. The minimum absolute atomic E-state index is 0.313. The summed E-state index contributed by atoms with van der Waals surface area (Å²) in [7, 11) is 0. The van der Waals surface area contributed by atoms with Crippen LogP contribution in [0.1, 0.15) is 5.56 Å². The Kier molecular flexibility index (Phi) is 6.89. The van der Waals surface area contributed by atoms with Crippen molar-refractivity contribution in [3.63, 3.8) is 0 Å². The van der Waals surface area contributed by atoms with Crippen LogP contribution in [0.2, 0.25) is 10.0 Å². The summed E-state index contributed by atoms with van der Waals surface area (Å²) < 4.78 is 11.0. The maximum atomic E-state index is 11.7.